The van der Waals surface area contributed by atoms with Crippen LogP contribution in [0.25, 0.3) is 0 Å². The molecular weight excluding hydrogens is 1320 g/mol. The van der Waals surface area contributed by atoms with Gasteiger partial charge in [0, 0.05) is 89.3 Å². The average Bonchev–Trinajstić information content (AvgIpc) is 0.779. The van der Waals surface area contributed by atoms with Gasteiger partial charge in [0.15, 0.2) is 5.78 Å². The van der Waals surface area contributed by atoms with Crippen LogP contribution in [0.5, 0.6) is 0 Å². The van der Waals surface area contributed by atoms with Crippen molar-refractivity contribution in [2.45, 2.75) is 138 Å². The predicted molar refractivity (Wildman–Crippen MR) is 344 cm³/mol. The van der Waals surface area contributed by atoms with Crippen molar-refractivity contribution in [1.29, 1.82) is 0 Å². The number of hydrogen-bond donors (Lipinski definition) is 13. The number of ketones is 1. The molecule has 2 heterocycles. The number of aliphatic hydroxyl groups excluding tert-OH is 6. The van der Waals surface area contributed by atoms with Crippen molar-refractivity contribution in [3.05, 3.63) is 148 Å². The smallest absolute Gasteiger partial charge is 0.870 e. The quantitative estimate of drug-likeness (QED) is 0.00571. The van der Waals surface area contributed by atoms with Crippen molar-refractivity contribution in [1.82, 2.24) is 16.0 Å². The molecule has 0 aliphatic carbocycles. The second-order valence-electron chi connectivity index (χ2n) is 22.4. The molecule has 96 heavy (non-hydrogen) atoms. The molecular formula is C63H78N7Na2O22S2-. The summed E-state index contributed by atoms with van der Waals surface area (Å²) in [6.07, 6.45) is -12.2. The minimum atomic E-state index is -2.62. The van der Waals surface area contributed by atoms with E-state index in [4.69, 9.17) is 18.9 Å². The van der Waals surface area contributed by atoms with Crippen LogP contribution in [0, 0.1) is 0 Å². The first-order valence-electron chi connectivity index (χ1n) is 30.1. The molecule has 14 N–H and O–H groups in total. The van der Waals surface area contributed by atoms with Crippen molar-refractivity contribution in [3.63, 3.8) is 0 Å². The number of carboxylic acids is 1. The molecule has 0 spiro atoms. The Balaban J connectivity index is 0.00000653. The van der Waals surface area contributed by atoms with Gasteiger partial charge in [-0.1, -0.05) is 72.8 Å². The molecule has 0 radical (unpaired) electrons. The minimum Gasteiger partial charge on any atom is -0.870 e. The number of nitrogens with one attached hydrogen (secondary N) is 7. The van der Waals surface area contributed by atoms with Crippen LogP contribution in [0.15, 0.2) is 104 Å². The number of Topliss-reactive ketones (excluding diaryl/α,β-unsaturated/α-hetero) is 1. The molecule has 3 amide bonds. The van der Waals surface area contributed by atoms with E-state index >= 15 is 0 Å². The van der Waals surface area contributed by atoms with E-state index in [1.165, 1.54) is 35.7 Å². The van der Waals surface area contributed by atoms with Gasteiger partial charge >= 0.3 is 59.1 Å². The summed E-state index contributed by atoms with van der Waals surface area (Å²) in [5.41, 5.74) is -1.18. The van der Waals surface area contributed by atoms with Crippen molar-refractivity contribution in [2.24, 2.45) is 0 Å². The number of rotatable bonds is 39. The molecule has 512 valence electrons. The molecule has 7 rings (SSSR count). The molecule has 2 aliphatic rings. The van der Waals surface area contributed by atoms with E-state index in [0.29, 0.717) is 47.0 Å². The van der Waals surface area contributed by atoms with Gasteiger partial charge in [0.05, 0.1) is 48.9 Å². The summed E-state index contributed by atoms with van der Waals surface area (Å²) in [6.45, 7) is 1.68. The Hall–Kier alpha value is -5.50. The average molecular weight is 1400 g/mol. The van der Waals surface area contributed by atoms with Crippen molar-refractivity contribution in [3.8, 4) is 0 Å². The third-order valence-corrected chi connectivity index (χ3v) is 17.7. The van der Waals surface area contributed by atoms with E-state index in [9.17, 15) is 83.7 Å². The molecule has 0 unspecified atom stereocenters. The normalized spacial score (nSPS) is 21.9. The minimum absolute atomic E-state index is 0. The first-order valence-corrected chi connectivity index (χ1v) is 32.4. The zero-order valence-electron chi connectivity index (χ0n) is 53.4. The number of ether oxygens (including phenoxy) is 4. The van der Waals surface area contributed by atoms with E-state index in [2.05, 4.69) is 37.2 Å². The number of carbonyl (C=O) groups is 5. The maximum Gasteiger partial charge on any atom is 1.00 e. The SMILES string of the molecule is CC(=O)N[C@H]1[C@H]([C@H](O)[C@H](O)CNc2c(NCc3ccccc3)c(=O)c2=O)O[C@]([C-]=O)(OCCCSCCNC(=O)c2ccc(C(=O)CCCSCCCO[C@]3(C(=O)[O-])C[C@H](O)[C@@H](NC(C)=O)[C@H]([C@H](O)[C@H](O)CNc4c(NCc5ccccc5)c(=O)c4=O)O3)cc2)C[C@@H]1O.[Na+].[Na+].[OH-]. The second-order valence-corrected chi connectivity index (χ2v) is 24.9. The van der Waals surface area contributed by atoms with E-state index in [1.807, 2.05) is 24.3 Å². The fourth-order valence-corrected chi connectivity index (χ4v) is 12.2. The van der Waals surface area contributed by atoms with Crippen LogP contribution in [0.3, 0.4) is 0 Å². The molecule has 29 nitrogen and oxygen atoms in total. The number of aliphatic carboxylic acids is 1. The third-order valence-electron chi connectivity index (χ3n) is 15.5. The molecule has 33 heteroatoms. The Bertz CT molecular complexity index is 3480. The van der Waals surface area contributed by atoms with Crippen molar-refractivity contribution in [2.75, 3.05) is 77.1 Å². The fourth-order valence-electron chi connectivity index (χ4n) is 10.5. The molecule has 5 aromatic carbocycles. The van der Waals surface area contributed by atoms with Crippen LogP contribution >= 0.6 is 23.5 Å². The van der Waals surface area contributed by atoms with Crippen LogP contribution in [0.2, 0.25) is 0 Å². The van der Waals surface area contributed by atoms with Gasteiger partial charge in [-0.25, -0.2) is 6.29 Å². The zero-order valence-corrected chi connectivity index (χ0v) is 59.1. The van der Waals surface area contributed by atoms with Gasteiger partial charge in [-0.3, -0.25) is 38.4 Å². The molecule has 0 saturated carbocycles. The zero-order chi connectivity index (χ0) is 67.4. The first-order chi connectivity index (χ1) is 44.5. The summed E-state index contributed by atoms with van der Waals surface area (Å²) in [5, 5.41) is 98.3. The molecule has 0 bridgehead atoms. The van der Waals surface area contributed by atoms with Crippen LogP contribution in [0.4, 0.5) is 22.7 Å². The number of benzene rings is 3. The van der Waals surface area contributed by atoms with Gasteiger partial charge in [-0.05, 0) is 59.8 Å². The van der Waals surface area contributed by atoms with Crippen LogP contribution in [-0.2, 0) is 51.2 Å². The van der Waals surface area contributed by atoms with Crippen molar-refractivity contribution < 1.29 is 148 Å². The monoisotopic (exact) mass is 1390 g/mol. The molecule has 2 fully saturated rings. The number of aliphatic hydroxyl groups is 6. The van der Waals surface area contributed by atoms with E-state index in [-0.39, 0.29) is 145 Å². The maximum atomic E-state index is 13.0. The molecule has 0 aromatic heterocycles. The Morgan fingerprint density at radius 2 is 1.03 bits per heavy atom. The second kappa shape index (κ2) is 39.9. The Morgan fingerprint density at radius 1 is 0.604 bits per heavy atom. The largest absolute Gasteiger partial charge is 1.00 e. The van der Waals surface area contributed by atoms with E-state index in [0.717, 1.165) is 25.0 Å². The summed E-state index contributed by atoms with van der Waals surface area (Å²) >= 11 is 2.91. The molecule has 2 saturated heterocycles. The predicted octanol–water partition coefficient (Wildman–Crippen LogP) is -7.86. The Labute approximate surface area is 604 Å². The van der Waals surface area contributed by atoms with Gasteiger partial charge < -0.3 is 107 Å². The number of anilines is 4. The fraction of sp³-hybridized carbons (Fsp3) is 0.492. The van der Waals surface area contributed by atoms with Gasteiger partial charge in [-0.15, -0.1) is 0 Å². The standard InChI is InChI=1S/C63H78N7O21S2.2Na.H2O/c1-35(72)69-46-42(75)28-62(34-71,90-58(46)52(79)44(77)32-67-50-48(54(81)56(50)83)65-30-37-12-5-3-6-13-37)88-22-10-26-93-27-21-64-60(85)40-19-17-39(18-20-40)41(74)16-9-24-92-25-11-23-89-63(61(86)87)29-43(76)47(70-36(2)73)59(91-63)53(80)45(78)33-68-51-49(55(82)57(51)84)66-31-38-14-7-4-8-15-38;;;/h3-8,12-15,17-20,42-47,52-53,58-59,65-68,75-80H,9-11,16,21-33H2,1-2H3,(H,64,85)(H,69,72)(H,70,73)(H,86,87);;;1H2/q-1;2*+1;/p-2/t42-,43-,44+,45+,46+,47+,52+,53+,58+,59+,62+,63+;;;/m0.../s1. The summed E-state index contributed by atoms with van der Waals surface area (Å²) < 4.78 is 23.1. The van der Waals surface area contributed by atoms with Gasteiger partial charge in [-0.2, -0.15) is 23.5 Å². The number of carboxylic acid groups (broad SMARTS) is 1. The van der Waals surface area contributed by atoms with Gasteiger partial charge in [0.1, 0.15) is 53.1 Å². The third kappa shape index (κ3) is 22.5. The summed E-state index contributed by atoms with van der Waals surface area (Å²) in [6, 6.07) is 21.5. The van der Waals surface area contributed by atoms with E-state index < -0.39 is 138 Å². The van der Waals surface area contributed by atoms with Crippen LogP contribution in [-0.4, -0.2) is 200 Å². The number of amides is 3. The Kier molecular flexibility index (Phi) is 34.5. The van der Waals surface area contributed by atoms with Crippen molar-refractivity contribution >= 4 is 82.0 Å². The summed E-state index contributed by atoms with van der Waals surface area (Å²) in [5.74, 6) is -6.55. The number of thioether (sulfide) groups is 2. The van der Waals surface area contributed by atoms with Gasteiger partial charge in [0.2, 0.25) is 17.6 Å². The molecule has 2 aliphatic heterocycles. The van der Waals surface area contributed by atoms with Crippen LogP contribution < -0.4 is 123 Å². The topological polar surface area (TPSA) is 466 Å². The molecule has 5 aromatic rings. The summed E-state index contributed by atoms with van der Waals surface area (Å²) in [4.78, 5) is 125. The summed E-state index contributed by atoms with van der Waals surface area (Å²) in [7, 11) is 0. The van der Waals surface area contributed by atoms with E-state index in [1.54, 1.807) is 54.8 Å². The number of carbonyl (C=O) groups excluding carboxylic acids is 6. The van der Waals surface area contributed by atoms with Gasteiger partial charge in [0.25, 0.3) is 27.6 Å². The molecule has 12 atom stereocenters. The number of hydrogen-bond acceptors (Lipinski definition) is 28. The maximum absolute atomic E-state index is 13.0. The van der Waals surface area contributed by atoms with Crippen LogP contribution in [0.1, 0.15) is 84.2 Å². The first kappa shape index (κ1) is 82.9. The Morgan fingerprint density at radius 3 is 1.50 bits per heavy atom.